The van der Waals surface area contributed by atoms with E-state index in [2.05, 4.69) is 199 Å². The Morgan fingerprint density at radius 3 is 1.38 bits per heavy atom. The topological polar surface area (TPSA) is 17.8 Å². The Morgan fingerprint density at radius 1 is 0.542 bits per heavy atom. The lowest BCUT2D eigenvalue weighted by Gasteiger charge is -2.37. The van der Waals surface area contributed by atoms with E-state index in [4.69, 9.17) is 0 Å². The van der Waals surface area contributed by atoms with Gasteiger partial charge in [-0.15, -0.1) is 0 Å². The molecule has 1 heterocycles. The van der Waals surface area contributed by atoms with Gasteiger partial charge in [-0.3, -0.25) is 0 Å². The van der Waals surface area contributed by atoms with Crippen LogP contribution in [-0.2, 0) is 18.0 Å². The van der Waals surface area contributed by atoms with Crippen LogP contribution < -0.4 is 21.6 Å². The van der Waals surface area contributed by atoms with Crippen LogP contribution in [-0.4, -0.2) is 25.8 Å². The van der Waals surface area contributed by atoms with Crippen molar-refractivity contribution in [2.75, 3.05) is 0 Å². The molecule has 0 N–H and O–H groups in total. The third-order valence-corrected chi connectivity index (χ3v) is 11.8. The molecule has 7 aromatic rings. The molecule has 4 heteroatoms. The van der Waals surface area contributed by atoms with Crippen LogP contribution in [0.15, 0.2) is 189 Å². The van der Waals surface area contributed by atoms with E-state index in [0.717, 1.165) is 12.8 Å². The molecule has 0 aliphatic rings. The van der Waals surface area contributed by atoms with Crippen LogP contribution in [0.4, 0.5) is 0 Å². The summed E-state index contributed by atoms with van der Waals surface area (Å²) in [5, 5.41) is 1.24. The van der Waals surface area contributed by atoms with Crippen molar-refractivity contribution < 1.29 is 0 Å². The van der Waals surface area contributed by atoms with Gasteiger partial charge < -0.3 is 4.57 Å². The van der Waals surface area contributed by atoms with Crippen LogP contribution in [0.3, 0.4) is 0 Å². The fourth-order valence-electron chi connectivity index (χ4n) is 6.75. The van der Waals surface area contributed by atoms with Gasteiger partial charge in [-0.25, -0.2) is 4.98 Å². The smallest absolute Gasteiger partial charge is 0.241 e. The van der Waals surface area contributed by atoms with Crippen molar-refractivity contribution in [2.24, 2.45) is 0 Å². The van der Waals surface area contributed by atoms with Crippen LogP contribution in [0.2, 0.25) is 0 Å². The van der Waals surface area contributed by atoms with Gasteiger partial charge >= 0.3 is 0 Å². The molecule has 236 valence electrons. The number of aromatic nitrogens is 2. The first-order valence-electron chi connectivity index (χ1n) is 17.1. The lowest BCUT2D eigenvalue weighted by molar-refractivity contribution is 0.595. The number of hydrogen-bond acceptors (Lipinski definition) is 1. The van der Waals surface area contributed by atoms with E-state index in [1.165, 1.54) is 43.8 Å². The van der Waals surface area contributed by atoms with E-state index in [9.17, 15) is 0 Å². The van der Waals surface area contributed by atoms with Crippen LogP contribution in [0.5, 0.6) is 0 Å². The van der Waals surface area contributed by atoms with Gasteiger partial charge in [0.1, 0.15) is 0 Å². The third-order valence-electron chi connectivity index (χ3n) is 9.27. The molecule has 48 heavy (non-hydrogen) atoms. The second kappa shape index (κ2) is 16.1. The third kappa shape index (κ3) is 7.51. The van der Waals surface area contributed by atoms with Gasteiger partial charge in [0.25, 0.3) is 0 Å². The van der Waals surface area contributed by atoms with Crippen LogP contribution in [0.1, 0.15) is 36.1 Å². The summed E-state index contributed by atoms with van der Waals surface area (Å²) in [6, 6.07) is 61.3. The second-order valence-electron chi connectivity index (χ2n) is 12.3. The maximum atomic E-state index is 4.45. The molecule has 0 aliphatic carbocycles. The standard InChI is InChI=1S/C26H28N2Si.C18H15B/c1-3-21-10-8-12-23(18-21)26(28-17-16-27-20-28,29-25-14-6-5-7-15-25)24-13-9-11-22(4-2)19-24;1-4-10-16(11-5-1)19(17-12-6-2-7-13-17)18-14-8-3-9-15-18/h5-20H,3-4,29H2,1-2H3;1-15H. The molecular formula is C44H43BN2Si. The SMILES string of the molecule is CCc1cccc(C([SiH2]c2ccccc2)(c2cccc(CC)c2)n2ccnc2)c1.c1ccc(B(c2ccccc2)c2ccccc2)cc1. The number of aryl methyl sites for hydroxylation is 2. The Morgan fingerprint density at radius 2 is 0.979 bits per heavy atom. The molecule has 0 spiro atoms. The van der Waals surface area contributed by atoms with Gasteiger partial charge in [0.15, 0.2) is 0 Å². The lowest BCUT2D eigenvalue weighted by atomic mass is 9.37. The Hall–Kier alpha value is -5.19. The minimum Gasteiger partial charge on any atom is -0.326 e. The molecule has 1 aromatic heterocycles. The van der Waals surface area contributed by atoms with E-state index in [-0.39, 0.29) is 5.16 Å². The molecule has 6 aromatic carbocycles. The molecule has 0 amide bonds. The highest BCUT2D eigenvalue weighted by molar-refractivity contribution is 6.95. The van der Waals surface area contributed by atoms with Crippen molar-refractivity contribution in [1.29, 1.82) is 0 Å². The normalized spacial score (nSPS) is 11.2. The first kappa shape index (κ1) is 32.7. The summed E-state index contributed by atoms with van der Waals surface area (Å²) >= 11 is 0. The molecule has 0 saturated carbocycles. The average molecular weight is 639 g/mol. The number of nitrogens with zero attached hydrogens (tertiary/aromatic N) is 2. The van der Waals surface area contributed by atoms with Gasteiger partial charge in [0.05, 0.1) is 21.0 Å². The fraction of sp³-hybridized carbons (Fsp3) is 0.114. The molecule has 0 saturated heterocycles. The fourth-order valence-corrected chi connectivity index (χ4v) is 9.06. The highest BCUT2D eigenvalue weighted by Gasteiger charge is 2.37. The zero-order valence-electron chi connectivity index (χ0n) is 28.0. The Bertz CT molecular complexity index is 1820. The minimum atomic E-state index is -0.794. The van der Waals surface area contributed by atoms with Crippen LogP contribution >= 0.6 is 0 Å². The number of benzene rings is 6. The molecule has 7 rings (SSSR count). The zero-order valence-corrected chi connectivity index (χ0v) is 29.4. The van der Waals surface area contributed by atoms with Crippen LogP contribution in [0, 0.1) is 0 Å². The van der Waals surface area contributed by atoms with E-state index < -0.39 is 9.52 Å². The first-order valence-corrected chi connectivity index (χ1v) is 18.5. The van der Waals surface area contributed by atoms with Crippen molar-refractivity contribution >= 4 is 37.8 Å². The first-order chi connectivity index (χ1) is 23.7. The molecule has 0 fully saturated rings. The highest BCUT2D eigenvalue weighted by Crippen LogP contribution is 2.34. The van der Waals surface area contributed by atoms with Crippen molar-refractivity contribution in [3.63, 3.8) is 0 Å². The predicted molar refractivity (Wildman–Crippen MR) is 209 cm³/mol. The minimum absolute atomic E-state index is 0.214. The molecule has 0 aliphatic heterocycles. The predicted octanol–water partition coefficient (Wildman–Crippen LogP) is 6.45. The van der Waals surface area contributed by atoms with Crippen molar-refractivity contribution in [2.45, 2.75) is 31.9 Å². The van der Waals surface area contributed by atoms with Gasteiger partial charge in [-0.2, -0.15) is 0 Å². The second-order valence-corrected chi connectivity index (χ2v) is 14.5. The quantitative estimate of drug-likeness (QED) is 0.158. The average Bonchev–Trinajstić information content (AvgIpc) is 3.72. The number of hydrogen-bond donors (Lipinski definition) is 0. The summed E-state index contributed by atoms with van der Waals surface area (Å²) < 4.78 is 2.34. The van der Waals surface area contributed by atoms with E-state index >= 15 is 0 Å². The summed E-state index contributed by atoms with van der Waals surface area (Å²) in [5.41, 5.74) is 9.47. The molecular weight excluding hydrogens is 595 g/mol. The molecule has 0 radical (unpaired) electrons. The molecule has 0 atom stereocenters. The Kier molecular flexibility index (Phi) is 11.0. The monoisotopic (exact) mass is 638 g/mol. The summed E-state index contributed by atoms with van der Waals surface area (Å²) in [6.45, 7) is 4.76. The van der Waals surface area contributed by atoms with Gasteiger partial charge in [0, 0.05) is 12.4 Å². The maximum Gasteiger partial charge on any atom is 0.241 e. The van der Waals surface area contributed by atoms with Crippen molar-refractivity contribution in [3.8, 4) is 0 Å². The molecule has 0 unspecified atom stereocenters. The summed E-state index contributed by atoms with van der Waals surface area (Å²) in [7, 11) is -0.794. The Labute approximate surface area is 289 Å². The number of rotatable bonds is 10. The van der Waals surface area contributed by atoms with Crippen LogP contribution in [0.25, 0.3) is 0 Å². The highest BCUT2D eigenvalue weighted by atomic mass is 28.2. The van der Waals surface area contributed by atoms with Crippen molar-refractivity contribution in [1.82, 2.24) is 9.55 Å². The van der Waals surface area contributed by atoms with E-state index in [1.807, 2.05) is 12.5 Å². The summed E-state index contributed by atoms with van der Waals surface area (Å²) in [4.78, 5) is 4.45. The van der Waals surface area contributed by atoms with E-state index in [0.29, 0.717) is 6.71 Å². The van der Waals surface area contributed by atoms with E-state index in [1.54, 1.807) is 0 Å². The van der Waals surface area contributed by atoms with Gasteiger partial charge in [-0.1, -0.05) is 205 Å². The lowest BCUT2D eigenvalue weighted by Crippen LogP contribution is -2.51. The number of imidazole rings is 1. The maximum absolute atomic E-state index is 4.45. The molecule has 0 bridgehead atoms. The van der Waals surface area contributed by atoms with Gasteiger partial charge in [0.2, 0.25) is 6.71 Å². The summed E-state index contributed by atoms with van der Waals surface area (Å²) in [6.07, 6.45) is 8.10. The largest absolute Gasteiger partial charge is 0.326 e. The zero-order chi connectivity index (χ0) is 33.0. The molecule has 2 nitrogen and oxygen atoms in total. The van der Waals surface area contributed by atoms with Crippen molar-refractivity contribution in [3.05, 3.63) is 211 Å². The summed E-state index contributed by atoms with van der Waals surface area (Å²) in [5.74, 6) is 0. The Balaban J connectivity index is 0.000000182. The van der Waals surface area contributed by atoms with Gasteiger partial charge in [-0.05, 0) is 35.1 Å².